The van der Waals surface area contributed by atoms with Crippen LogP contribution in [0.3, 0.4) is 0 Å². The van der Waals surface area contributed by atoms with Gasteiger partial charge in [0.1, 0.15) is 12.2 Å². The molecule has 0 bridgehead atoms. The van der Waals surface area contributed by atoms with Crippen LogP contribution >= 0.6 is 22.6 Å². The van der Waals surface area contributed by atoms with E-state index in [2.05, 4.69) is 28.7 Å². The summed E-state index contributed by atoms with van der Waals surface area (Å²) >= 11 is 2.22. The highest BCUT2D eigenvalue weighted by Gasteiger charge is 2.13. The first kappa shape index (κ1) is 14.8. The molecule has 0 fully saturated rings. The number of halogens is 1. The minimum absolute atomic E-state index is 0.567. The first-order valence-corrected chi connectivity index (χ1v) is 7.25. The monoisotopic (exact) mass is 378 g/mol. The van der Waals surface area contributed by atoms with Gasteiger partial charge in [0.05, 0.1) is 11.3 Å². The Morgan fingerprint density at radius 1 is 1.15 bits per heavy atom. The summed E-state index contributed by atoms with van der Waals surface area (Å²) in [5.41, 5.74) is 2.98. The SMILES string of the molecule is CN(C)c1ccc(C(O)c2cccc(I)c2)cc1C#N. The molecule has 0 amide bonds. The van der Waals surface area contributed by atoms with Crippen molar-refractivity contribution in [2.24, 2.45) is 0 Å². The Bertz CT molecular complexity index is 662. The fourth-order valence-electron chi connectivity index (χ4n) is 2.07. The fraction of sp³-hybridized carbons (Fsp3) is 0.188. The number of nitrogens with zero attached hydrogens (tertiary/aromatic N) is 2. The standard InChI is InChI=1S/C16H15IN2O/c1-19(2)15-7-6-12(8-13(15)10-18)16(20)11-4-3-5-14(17)9-11/h3-9,16,20H,1-2H3. The van der Waals surface area contributed by atoms with E-state index in [0.29, 0.717) is 5.56 Å². The van der Waals surface area contributed by atoms with E-state index in [9.17, 15) is 10.4 Å². The predicted octanol–water partition coefficient (Wildman–Crippen LogP) is 3.31. The molecule has 0 aromatic heterocycles. The van der Waals surface area contributed by atoms with Gasteiger partial charge in [-0.15, -0.1) is 0 Å². The Hall–Kier alpha value is -1.58. The second-order valence-electron chi connectivity index (χ2n) is 4.74. The van der Waals surface area contributed by atoms with Crippen molar-refractivity contribution in [3.63, 3.8) is 0 Å². The third-order valence-electron chi connectivity index (χ3n) is 3.10. The lowest BCUT2D eigenvalue weighted by Crippen LogP contribution is -2.11. The zero-order valence-electron chi connectivity index (χ0n) is 11.3. The molecule has 102 valence electrons. The fourth-order valence-corrected chi connectivity index (χ4v) is 2.64. The molecular weight excluding hydrogens is 363 g/mol. The summed E-state index contributed by atoms with van der Waals surface area (Å²) in [5.74, 6) is 0. The molecule has 0 saturated heterocycles. The van der Waals surface area contributed by atoms with Crippen molar-refractivity contribution in [3.8, 4) is 6.07 Å². The Labute approximate surface area is 132 Å². The van der Waals surface area contributed by atoms with E-state index < -0.39 is 6.10 Å². The lowest BCUT2D eigenvalue weighted by atomic mass is 9.99. The molecule has 2 aromatic rings. The van der Waals surface area contributed by atoms with Gasteiger partial charge in [0.25, 0.3) is 0 Å². The van der Waals surface area contributed by atoms with Crippen molar-refractivity contribution in [2.45, 2.75) is 6.10 Å². The van der Waals surface area contributed by atoms with Gasteiger partial charge < -0.3 is 10.0 Å². The highest BCUT2D eigenvalue weighted by Crippen LogP contribution is 2.27. The summed E-state index contributed by atoms with van der Waals surface area (Å²) in [5, 5.41) is 19.7. The third-order valence-corrected chi connectivity index (χ3v) is 3.77. The van der Waals surface area contributed by atoms with Gasteiger partial charge in [-0.05, 0) is 58.0 Å². The van der Waals surface area contributed by atoms with Crippen LogP contribution in [0.15, 0.2) is 42.5 Å². The van der Waals surface area contributed by atoms with Crippen molar-refractivity contribution in [1.29, 1.82) is 5.26 Å². The number of aliphatic hydroxyl groups is 1. The molecule has 3 nitrogen and oxygen atoms in total. The Kier molecular flexibility index (Phi) is 4.63. The van der Waals surface area contributed by atoms with Crippen LogP contribution in [0.25, 0.3) is 0 Å². The molecule has 0 heterocycles. The molecule has 2 rings (SSSR count). The summed E-state index contributed by atoms with van der Waals surface area (Å²) in [4.78, 5) is 1.89. The molecule has 4 heteroatoms. The number of benzene rings is 2. The van der Waals surface area contributed by atoms with E-state index in [-0.39, 0.29) is 0 Å². The average molecular weight is 378 g/mol. The third kappa shape index (κ3) is 3.11. The Morgan fingerprint density at radius 3 is 2.45 bits per heavy atom. The Balaban J connectivity index is 2.41. The van der Waals surface area contributed by atoms with Crippen molar-refractivity contribution in [3.05, 3.63) is 62.7 Å². The summed E-state index contributed by atoms with van der Waals surface area (Å²) in [6, 6.07) is 15.4. The van der Waals surface area contributed by atoms with Crippen molar-refractivity contribution >= 4 is 28.3 Å². The molecule has 0 saturated carbocycles. The van der Waals surface area contributed by atoms with Gasteiger partial charge in [-0.1, -0.05) is 18.2 Å². The van der Waals surface area contributed by atoms with Crippen molar-refractivity contribution in [1.82, 2.24) is 0 Å². The molecule has 1 unspecified atom stereocenters. The van der Waals surface area contributed by atoms with E-state index in [4.69, 9.17) is 0 Å². The first-order valence-electron chi connectivity index (χ1n) is 6.18. The maximum absolute atomic E-state index is 10.4. The summed E-state index contributed by atoms with van der Waals surface area (Å²) in [6.07, 6.45) is -0.715. The minimum Gasteiger partial charge on any atom is -0.384 e. The van der Waals surface area contributed by atoms with Crippen molar-refractivity contribution < 1.29 is 5.11 Å². The molecule has 1 atom stereocenters. The minimum atomic E-state index is -0.715. The number of aliphatic hydroxyl groups excluding tert-OH is 1. The number of hydrogen-bond donors (Lipinski definition) is 1. The first-order chi connectivity index (χ1) is 9.52. The van der Waals surface area contributed by atoms with E-state index >= 15 is 0 Å². The van der Waals surface area contributed by atoms with Gasteiger partial charge >= 0.3 is 0 Å². The summed E-state index contributed by atoms with van der Waals surface area (Å²) < 4.78 is 1.07. The summed E-state index contributed by atoms with van der Waals surface area (Å²) in [6.45, 7) is 0. The van der Waals surface area contributed by atoms with Crippen LogP contribution in [-0.2, 0) is 0 Å². The second-order valence-corrected chi connectivity index (χ2v) is 5.99. The van der Waals surface area contributed by atoms with E-state index in [1.54, 1.807) is 6.07 Å². The van der Waals surface area contributed by atoms with Crippen LogP contribution < -0.4 is 4.90 Å². The maximum Gasteiger partial charge on any atom is 0.104 e. The van der Waals surface area contributed by atoms with Crippen LogP contribution in [0.2, 0.25) is 0 Å². The molecule has 20 heavy (non-hydrogen) atoms. The van der Waals surface area contributed by atoms with Crippen LogP contribution in [0.1, 0.15) is 22.8 Å². The van der Waals surface area contributed by atoms with Gasteiger partial charge in [0.2, 0.25) is 0 Å². The molecule has 0 spiro atoms. The Morgan fingerprint density at radius 2 is 1.85 bits per heavy atom. The lowest BCUT2D eigenvalue weighted by molar-refractivity contribution is 0.220. The highest BCUT2D eigenvalue weighted by molar-refractivity contribution is 14.1. The van der Waals surface area contributed by atoms with Gasteiger partial charge in [0, 0.05) is 17.7 Å². The predicted molar refractivity (Wildman–Crippen MR) is 88.7 cm³/mol. The lowest BCUT2D eigenvalue weighted by Gasteiger charge is -2.17. The smallest absolute Gasteiger partial charge is 0.104 e. The average Bonchev–Trinajstić information content (AvgIpc) is 2.45. The highest BCUT2D eigenvalue weighted by atomic mass is 127. The molecule has 0 radical (unpaired) electrons. The number of anilines is 1. The second kappa shape index (κ2) is 6.25. The van der Waals surface area contributed by atoms with Crippen LogP contribution in [-0.4, -0.2) is 19.2 Å². The molecule has 0 aliphatic heterocycles. The normalized spacial score (nSPS) is 11.8. The largest absolute Gasteiger partial charge is 0.384 e. The van der Waals surface area contributed by atoms with Crippen molar-refractivity contribution in [2.75, 3.05) is 19.0 Å². The number of nitriles is 1. The van der Waals surface area contributed by atoms with Gasteiger partial charge in [-0.3, -0.25) is 0 Å². The topological polar surface area (TPSA) is 47.3 Å². The maximum atomic E-state index is 10.4. The van der Waals surface area contributed by atoms with E-state index in [1.165, 1.54) is 0 Å². The zero-order valence-corrected chi connectivity index (χ0v) is 13.5. The number of hydrogen-bond acceptors (Lipinski definition) is 3. The van der Waals surface area contributed by atoms with Crippen LogP contribution in [0.5, 0.6) is 0 Å². The van der Waals surface area contributed by atoms with Crippen LogP contribution in [0.4, 0.5) is 5.69 Å². The molecule has 1 N–H and O–H groups in total. The van der Waals surface area contributed by atoms with E-state index in [0.717, 1.165) is 20.4 Å². The molecular formula is C16H15IN2O. The van der Waals surface area contributed by atoms with E-state index in [1.807, 2.05) is 55.4 Å². The zero-order chi connectivity index (χ0) is 14.7. The quantitative estimate of drug-likeness (QED) is 0.834. The molecule has 2 aromatic carbocycles. The van der Waals surface area contributed by atoms with Gasteiger partial charge in [0.15, 0.2) is 0 Å². The van der Waals surface area contributed by atoms with Gasteiger partial charge in [-0.2, -0.15) is 5.26 Å². The molecule has 0 aliphatic carbocycles. The van der Waals surface area contributed by atoms with Crippen LogP contribution in [0, 0.1) is 14.9 Å². The van der Waals surface area contributed by atoms with Gasteiger partial charge in [-0.25, -0.2) is 0 Å². The molecule has 0 aliphatic rings. The summed E-state index contributed by atoms with van der Waals surface area (Å²) in [7, 11) is 3.79. The number of rotatable bonds is 3.